The zero-order chi connectivity index (χ0) is 17.4. The average molecular weight is 355 g/mol. The number of methoxy groups -OCH3 is 1. The van der Waals surface area contributed by atoms with Gasteiger partial charge in [-0.2, -0.15) is 10.9 Å². The number of rotatable bonds is 5. The number of nitrogens with zero attached hydrogens (tertiary/aromatic N) is 1. The Morgan fingerprint density at radius 3 is 2.80 bits per heavy atom. The number of ether oxygens (including phenoxy) is 2. The van der Waals surface area contributed by atoms with E-state index < -0.39 is 10.9 Å². The molecule has 1 unspecified atom stereocenters. The number of benzene rings is 1. The number of carbonyl (C=O) groups excluding carboxylic acids is 1. The molecule has 1 aliphatic heterocycles. The van der Waals surface area contributed by atoms with E-state index in [4.69, 9.17) is 14.5 Å². The van der Waals surface area contributed by atoms with Crippen molar-refractivity contribution >= 4 is 27.8 Å². The molecule has 1 aromatic heterocycles. The molecule has 0 radical (unpaired) electrons. The fourth-order valence-corrected chi connectivity index (χ4v) is 5.24. The molecule has 4 nitrogen and oxygen atoms in total. The summed E-state index contributed by atoms with van der Waals surface area (Å²) in [7, 11) is 0.897. The van der Waals surface area contributed by atoms with E-state index >= 15 is 0 Å². The van der Waals surface area contributed by atoms with Gasteiger partial charge in [-0.25, -0.2) is 4.79 Å². The highest BCUT2D eigenvalue weighted by Gasteiger charge is 2.34. The van der Waals surface area contributed by atoms with Crippen LogP contribution in [-0.4, -0.2) is 24.7 Å². The third-order valence-electron chi connectivity index (χ3n) is 4.50. The molecular formula is C20H21NO3S. The van der Waals surface area contributed by atoms with Gasteiger partial charge in [0.05, 0.1) is 30.5 Å². The third-order valence-corrected chi connectivity index (χ3v) is 6.48. The van der Waals surface area contributed by atoms with Gasteiger partial charge in [0, 0.05) is 21.6 Å². The van der Waals surface area contributed by atoms with Gasteiger partial charge in [0.25, 0.3) is 0 Å². The van der Waals surface area contributed by atoms with E-state index in [1.54, 1.807) is 7.11 Å². The van der Waals surface area contributed by atoms with E-state index in [0.717, 1.165) is 40.1 Å². The Bertz CT molecular complexity index is 899. The van der Waals surface area contributed by atoms with Crippen molar-refractivity contribution < 1.29 is 14.3 Å². The smallest absolute Gasteiger partial charge is 0.341 e. The summed E-state index contributed by atoms with van der Waals surface area (Å²) in [5.41, 5.74) is 2.53. The summed E-state index contributed by atoms with van der Waals surface area (Å²) in [4.78, 5) is 18.7. The number of para-hydroxylation sites is 1. The third kappa shape index (κ3) is 2.93. The number of esters is 1. The SMILES string of the molecule is CCOC(=O)c1c(C2CC2)nc2ccccc2c1[SH]1C=CC(OC)=C1. The topological polar surface area (TPSA) is 48.4 Å². The van der Waals surface area contributed by atoms with Gasteiger partial charge in [-0.05, 0) is 37.3 Å². The minimum Gasteiger partial charge on any atom is -0.496 e. The number of aromatic nitrogens is 1. The Hall–Kier alpha value is -2.27. The maximum absolute atomic E-state index is 12.8. The Morgan fingerprint density at radius 2 is 2.12 bits per heavy atom. The highest BCUT2D eigenvalue weighted by atomic mass is 32.2. The van der Waals surface area contributed by atoms with Crippen LogP contribution in [0, 0.1) is 0 Å². The van der Waals surface area contributed by atoms with Crippen LogP contribution in [-0.2, 0) is 9.47 Å². The first-order valence-electron chi connectivity index (χ1n) is 8.55. The van der Waals surface area contributed by atoms with E-state index in [1.807, 2.05) is 37.3 Å². The first kappa shape index (κ1) is 16.2. The molecule has 5 heteroatoms. The lowest BCUT2D eigenvalue weighted by molar-refractivity contribution is 0.0520. The molecule has 1 atom stereocenters. The predicted octanol–water partition coefficient (Wildman–Crippen LogP) is 4.66. The minimum atomic E-state index is -0.771. The van der Waals surface area contributed by atoms with Crippen LogP contribution in [0.4, 0.5) is 0 Å². The average Bonchev–Trinajstić information content (AvgIpc) is 3.37. The highest BCUT2D eigenvalue weighted by Crippen LogP contribution is 2.52. The van der Waals surface area contributed by atoms with Crippen molar-refractivity contribution in [2.75, 3.05) is 13.7 Å². The van der Waals surface area contributed by atoms with Crippen molar-refractivity contribution in [2.24, 2.45) is 0 Å². The van der Waals surface area contributed by atoms with Crippen molar-refractivity contribution in [3.05, 3.63) is 58.2 Å². The molecule has 1 aliphatic carbocycles. The van der Waals surface area contributed by atoms with Crippen molar-refractivity contribution in [3.8, 4) is 0 Å². The molecule has 0 spiro atoms. The van der Waals surface area contributed by atoms with Crippen LogP contribution in [0.3, 0.4) is 0 Å². The maximum Gasteiger partial charge on any atom is 0.341 e. The second-order valence-corrected chi connectivity index (χ2v) is 8.01. The molecule has 2 aromatic rings. The second kappa shape index (κ2) is 6.56. The number of pyridine rings is 1. The molecule has 0 bridgehead atoms. The predicted molar refractivity (Wildman–Crippen MR) is 101 cm³/mol. The lowest BCUT2D eigenvalue weighted by Crippen LogP contribution is -2.12. The van der Waals surface area contributed by atoms with E-state index in [1.165, 1.54) is 0 Å². The maximum atomic E-state index is 12.8. The number of allylic oxidation sites excluding steroid dienone is 1. The summed E-state index contributed by atoms with van der Waals surface area (Å²) in [5, 5.41) is 5.27. The van der Waals surface area contributed by atoms with Crippen LogP contribution >= 0.6 is 10.9 Å². The number of carbonyl (C=O) groups is 1. The van der Waals surface area contributed by atoms with Gasteiger partial charge in [-0.3, -0.25) is 4.98 Å². The molecular weight excluding hydrogens is 334 g/mol. The summed E-state index contributed by atoms with van der Waals surface area (Å²) in [5.74, 6) is 0.956. The number of hydrogen-bond donors (Lipinski definition) is 1. The minimum absolute atomic E-state index is 0.257. The van der Waals surface area contributed by atoms with Gasteiger partial charge in [0.1, 0.15) is 5.76 Å². The van der Waals surface area contributed by atoms with Crippen LogP contribution < -0.4 is 0 Å². The first-order chi connectivity index (χ1) is 12.2. The number of hydrogen-bond acceptors (Lipinski definition) is 4. The Morgan fingerprint density at radius 1 is 1.32 bits per heavy atom. The first-order valence-corrected chi connectivity index (χ1v) is 10.0. The molecule has 130 valence electrons. The van der Waals surface area contributed by atoms with E-state index in [2.05, 4.69) is 10.8 Å². The summed E-state index contributed by atoms with van der Waals surface area (Å²) in [6.45, 7) is 2.20. The van der Waals surface area contributed by atoms with E-state index in [0.29, 0.717) is 18.1 Å². The van der Waals surface area contributed by atoms with Crippen molar-refractivity contribution in [2.45, 2.75) is 30.6 Å². The monoisotopic (exact) mass is 355 g/mol. The molecule has 1 fully saturated rings. The van der Waals surface area contributed by atoms with Gasteiger partial charge in [-0.15, -0.1) is 0 Å². The second-order valence-electron chi connectivity index (χ2n) is 6.19. The molecule has 1 saturated carbocycles. The molecule has 0 N–H and O–H groups in total. The fraction of sp³-hybridized carbons (Fsp3) is 0.300. The van der Waals surface area contributed by atoms with Crippen molar-refractivity contribution in [1.29, 1.82) is 0 Å². The van der Waals surface area contributed by atoms with Crippen LogP contribution in [0.25, 0.3) is 10.9 Å². The molecule has 4 rings (SSSR count). The summed E-state index contributed by atoms with van der Waals surface area (Å²) < 4.78 is 10.8. The molecule has 25 heavy (non-hydrogen) atoms. The standard InChI is InChI=1S/C20H21NO3S/c1-3-24-20(22)17-18(13-8-9-13)21-16-7-5-4-6-15(16)19(17)25-11-10-14(12-25)23-2/h4-7,10-13,25H,3,8-9H2,1-2H3. The molecule has 0 amide bonds. The normalized spacial score (nSPS) is 20.6. The van der Waals surface area contributed by atoms with Crippen LogP contribution in [0.1, 0.15) is 41.7 Å². The van der Waals surface area contributed by atoms with Crippen LogP contribution in [0.2, 0.25) is 0 Å². The van der Waals surface area contributed by atoms with E-state index in [9.17, 15) is 4.79 Å². The summed E-state index contributed by atoms with van der Waals surface area (Å²) >= 11 is 0. The van der Waals surface area contributed by atoms with Gasteiger partial charge in [0.2, 0.25) is 0 Å². The lowest BCUT2D eigenvalue weighted by Gasteiger charge is -2.20. The van der Waals surface area contributed by atoms with Crippen LogP contribution in [0.15, 0.2) is 51.8 Å². The van der Waals surface area contributed by atoms with Gasteiger partial charge >= 0.3 is 5.97 Å². The van der Waals surface area contributed by atoms with Crippen LogP contribution in [0.5, 0.6) is 0 Å². The van der Waals surface area contributed by atoms with Gasteiger partial charge < -0.3 is 9.47 Å². The number of fused-ring (bicyclic) bond motifs is 1. The zero-order valence-electron chi connectivity index (χ0n) is 14.4. The quantitative estimate of drug-likeness (QED) is 0.626. The number of thiol groups is 1. The van der Waals surface area contributed by atoms with E-state index in [-0.39, 0.29) is 5.97 Å². The Labute approximate surface area is 149 Å². The largest absolute Gasteiger partial charge is 0.496 e. The Balaban J connectivity index is 1.99. The van der Waals surface area contributed by atoms with Crippen molar-refractivity contribution in [1.82, 2.24) is 4.98 Å². The summed E-state index contributed by atoms with van der Waals surface area (Å²) in [6, 6.07) is 8.06. The van der Waals surface area contributed by atoms with Gasteiger partial charge in [-0.1, -0.05) is 18.2 Å². The molecule has 2 aliphatic rings. The lowest BCUT2D eigenvalue weighted by atomic mass is 10.1. The molecule has 0 saturated heterocycles. The van der Waals surface area contributed by atoms with Gasteiger partial charge in [0.15, 0.2) is 0 Å². The fourth-order valence-electron chi connectivity index (χ4n) is 3.17. The van der Waals surface area contributed by atoms with Crippen molar-refractivity contribution in [3.63, 3.8) is 0 Å². The zero-order valence-corrected chi connectivity index (χ0v) is 15.3. The molecule has 2 heterocycles. The molecule has 1 aromatic carbocycles. The Kier molecular flexibility index (Phi) is 4.25. The highest BCUT2D eigenvalue weighted by molar-refractivity contribution is 8.22. The summed E-state index contributed by atoms with van der Waals surface area (Å²) in [6.07, 6.45) is 4.15.